The molecule has 2 rings (SSSR count). The third kappa shape index (κ3) is 5.22. The Labute approximate surface area is 165 Å². The molecule has 2 nitrogen and oxygen atoms in total. The smallest absolute Gasteiger partial charge is 0.128 e. The molecule has 0 unspecified atom stereocenters. The molecule has 0 spiro atoms. The van der Waals surface area contributed by atoms with E-state index in [1.165, 1.54) is 11.1 Å². The lowest BCUT2D eigenvalue weighted by atomic mass is 9.80. The molecular formula is C25H35NO. The quantitative estimate of drug-likeness (QED) is 0.569. The van der Waals surface area contributed by atoms with Crippen LogP contribution >= 0.6 is 0 Å². The standard InChI is InChI=1S/C25H35NO/c1-23(2,3)18-13-19(24(4,5)6)15-20(14-18)26-16-17-11-10-12-21(22(17)27)25(7,8)9/h10-16,27H,1-9H3. The van der Waals surface area contributed by atoms with Crippen molar-refractivity contribution in [3.05, 3.63) is 58.7 Å². The highest BCUT2D eigenvalue weighted by molar-refractivity contribution is 5.86. The van der Waals surface area contributed by atoms with Gasteiger partial charge in [0.15, 0.2) is 0 Å². The van der Waals surface area contributed by atoms with E-state index in [0.717, 1.165) is 16.8 Å². The van der Waals surface area contributed by atoms with Gasteiger partial charge in [-0.05, 0) is 51.1 Å². The minimum atomic E-state index is -0.112. The van der Waals surface area contributed by atoms with Gasteiger partial charge in [-0.15, -0.1) is 0 Å². The number of hydrogen-bond donors (Lipinski definition) is 1. The molecule has 0 amide bonds. The van der Waals surface area contributed by atoms with E-state index >= 15 is 0 Å². The van der Waals surface area contributed by atoms with Crippen molar-refractivity contribution in [3.63, 3.8) is 0 Å². The Hall–Kier alpha value is -2.09. The third-order valence-electron chi connectivity index (χ3n) is 4.88. The molecule has 0 saturated carbocycles. The fourth-order valence-electron chi connectivity index (χ4n) is 2.97. The van der Waals surface area contributed by atoms with Crippen molar-refractivity contribution < 1.29 is 5.11 Å². The highest BCUT2D eigenvalue weighted by atomic mass is 16.3. The maximum atomic E-state index is 10.7. The van der Waals surface area contributed by atoms with Crippen LogP contribution in [0.25, 0.3) is 0 Å². The molecule has 0 radical (unpaired) electrons. The first kappa shape index (κ1) is 21.2. The summed E-state index contributed by atoms with van der Waals surface area (Å²) in [7, 11) is 0. The van der Waals surface area contributed by atoms with Crippen molar-refractivity contribution in [1.82, 2.24) is 0 Å². The lowest BCUT2D eigenvalue weighted by Crippen LogP contribution is -2.16. The summed E-state index contributed by atoms with van der Waals surface area (Å²) >= 11 is 0. The molecule has 0 aliphatic rings. The van der Waals surface area contributed by atoms with E-state index in [2.05, 4.69) is 80.5 Å². The molecule has 2 aromatic carbocycles. The van der Waals surface area contributed by atoms with Gasteiger partial charge in [0, 0.05) is 11.8 Å². The molecule has 0 saturated heterocycles. The SMILES string of the molecule is CC(C)(C)c1cc(N=Cc2cccc(C(C)(C)C)c2O)cc(C(C)(C)C)c1. The monoisotopic (exact) mass is 365 g/mol. The van der Waals surface area contributed by atoms with E-state index < -0.39 is 0 Å². The Morgan fingerprint density at radius 3 is 1.70 bits per heavy atom. The van der Waals surface area contributed by atoms with Crippen LogP contribution in [0.4, 0.5) is 5.69 Å². The van der Waals surface area contributed by atoms with Crippen LogP contribution in [0.3, 0.4) is 0 Å². The molecule has 0 aliphatic carbocycles. The maximum absolute atomic E-state index is 10.7. The van der Waals surface area contributed by atoms with Gasteiger partial charge in [0.2, 0.25) is 0 Å². The minimum Gasteiger partial charge on any atom is -0.507 e. The number of benzene rings is 2. The van der Waals surface area contributed by atoms with Gasteiger partial charge in [0.1, 0.15) is 5.75 Å². The zero-order valence-electron chi connectivity index (χ0n) is 18.4. The van der Waals surface area contributed by atoms with Crippen LogP contribution in [0.15, 0.2) is 41.4 Å². The van der Waals surface area contributed by atoms with E-state index in [1.54, 1.807) is 6.21 Å². The van der Waals surface area contributed by atoms with Gasteiger partial charge in [0.25, 0.3) is 0 Å². The number of rotatable bonds is 2. The summed E-state index contributed by atoms with van der Waals surface area (Å²) in [5.74, 6) is 0.316. The number of aromatic hydroxyl groups is 1. The van der Waals surface area contributed by atoms with Crippen LogP contribution in [0, 0.1) is 0 Å². The lowest BCUT2D eigenvalue weighted by molar-refractivity contribution is 0.446. The first-order valence-corrected chi connectivity index (χ1v) is 9.72. The summed E-state index contributed by atoms with van der Waals surface area (Å²) in [6.45, 7) is 19.6. The summed E-state index contributed by atoms with van der Waals surface area (Å²) in [5, 5.41) is 10.7. The first-order chi connectivity index (χ1) is 12.2. The van der Waals surface area contributed by atoms with Crippen LogP contribution in [0.5, 0.6) is 5.75 Å². The number of phenolic OH excluding ortho intramolecular Hbond substituents is 1. The molecule has 0 bridgehead atoms. The fourth-order valence-corrected chi connectivity index (χ4v) is 2.97. The fraction of sp³-hybridized carbons (Fsp3) is 0.480. The van der Waals surface area contributed by atoms with Gasteiger partial charge in [0.05, 0.1) is 5.69 Å². The van der Waals surface area contributed by atoms with E-state index in [-0.39, 0.29) is 16.2 Å². The predicted molar refractivity (Wildman–Crippen MR) is 118 cm³/mol. The Bertz CT molecular complexity index is 808. The molecule has 2 heteroatoms. The predicted octanol–water partition coefficient (Wildman–Crippen LogP) is 7.04. The maximum Gasteiger partial charge on any atom is 0.128 e. The van der Waals surface area contributed by atoms with Crippen molar-refractivity contribution in [3.8, 4) is 5.75 Å². The Kier molecular flexibility index (Phi) is 5.61. The zero-order valence-corrected chi connectivity index (χ0v) is 18.4. The molecule has 0 heterocycles. The summed E-state index contributed by atoms with van der Waals surface area (Å²) in [5.41, 5.74) is 5.16. The average molecular weight is 366 g/mol. The molecule has 0 aromatic heterocycles. The van der Waals surface area contributed by atoms with Gasteiger partial charge in [-0.25, -0.2) is 0 Å². The van der Waals surface area contributed by atoms with Crippen LogP contribution in [0.2, 0.25) is 0 Å². The second-order valence-corrected chi connectivity index (χ2v) is 10.5. The van der Waals surface area contributed by atoms with Gasteiger partial charge in [-0.2, -0.15) is 0 Å². The molecule has 0 aliphatic heterocycles. The van der Waals surface area contributed by atoms with E-state index in [1.807, 2.05) is 18.2 Å². The normalized spacial score (nSPS) is 13.4. The third-order valence-corrected chi connectivity index (χ3v) is 4.88. The van der Waals surface area contributed by atoms with Crippen LogP contribution < -0.4 is 0 Å². The molecular weight excluding hydrogens is 330 g/mol. The van der Waals surface area contributed by atoms with E-state index in [4.69, 9.17) is 4.99 Å². The molecule has 0 fully saturated rings. The number of para-hydroxylation sites is 1. The van der Waals surface area contributed by atoms with E-state index in [9.17, 15) is 5.11 Å². The highest BCUT2D eigenvalue weighted by Gasteiger charge is 2.21. The number of nitrogens with zero attached hydrogens (tertiary/aromatic N) is 1. The van der Waals surface area contributed by atoms with Crippen molar-refractivity contribution in [1.29, 1.82) is 0 Å². The lowest BCUT2D eigenvalue weighted by Gasteiger charge is -2.25. The van der Waals surface area contributed by atoms with Gasteiger partial charge in [-0.3, -0.25) is 4.99 Å². The highest BCUT2D eigenvalue weighted by Crippen LogP contribution is 2.34. The Morgan fingerprint density at radius 2 is 1.26 bits per heavy atom. The summed E-state index contributed by atoms with van der Waals surface area (Å²) in [4.78, 5) is 4.72. The van der Waals surface area contributed by atoms with Crippen molar-refractivity contribution in [2.45, 2.75) is 78.6 Å². The first-order valence-electron chi connectivity index (χ1n) is 9.72. The Morgan fingerprint density at radius 1 is 0.741 bits per heavy atom. The second kappa shape index (κ2) is 7.14. The van der Waals surface area contributed by atoms with Gasteiger partial charge >= 0.3 is 0 Å². The largest absolute Gasteiger partial charge is 0.507 e. The van der Waals surface area contributed by atoms with Crippen LogP contribution in [0.1, 0.15) is 84.6 Å². The minimum absolute atomic E-state index is 0.0554. The van der Waals surface area contributed by atoms with Crippen LogP contribution in [-0.4, -0.2) is 11.3 Å². The molecule has 1 N–H and O–H groups in total. The van der Waals surface area contributed by atoms with Gasteiger partial charge < -0.3 is 5.11 Å². The second-order valence-electron chi connectivity index (χ2n) is 10.5. The summed E-state index contributed by atoms with van der Waals surface area (Å²) < 4.78 is 0. The van der Waals surface area contributed by atoms with E-state index in [0.29, 0.717) is 5.75 Å². The average Bonchev–Trinajstić information content (AvgIpc) is 2.51. The van der Waals surface area contributed by atoms with Crippen LogP contribution in [-0.2, 0) is 16.2 Å². The molecule has 27 heavy (non-hydrogen) atoms. The number of aliphatic imine (C=N–C) groups is 1. The van der Waals surface area contributed by atoms with Crippen molar-refractivity contribution in [2.75, 3.05) is 0 Å². The summed E-state index contributed by atoms with van der Waals surface area (Å²) in [6, 6.07) is 12.5. The Balaban J connectivity index is 2.52. The molecule has 2 aromatic rings. The number of phenols is 1. The zero-order chi connectivity index (χ0) is 20.6. The number of hydrogen-bond acceptors (Lipinski definition) is 2. The van der Waals surface area contributed by atoms with Gasteiger partial charge in [-0.1, -0.05) is 80.5 Å². The topological polar surface area (TPSA) is 32.6 Å². The van der Waals surface area contributed by atoms with Crippen molar-refractivity contribution >= 4 is 11.9 Å². The summed E-state index contributed by atoms with van der Waals surface area (Å²) in [6.07, 6.45) is 1.78. The molecule has 146 valence electrons. The van der Waals surface area contributed by atoms with Crippen molar-refractivity contribution in [2.24, 2.45) is 4.99 Å². The molecule has 0 atom stereocenters.